The Morgan fingerprint density at radius 3 is 2.40 bits per heavy atom. The van der Waals surface area contributed by atoms with Crippen LogP contribution in [0.4, 0.5) is 4.39 Å². The van der Waals surface area contributed by atoms with Gasteiger partial charge in [-0.05, 0) is 64.0 Å². The van der Waals surface area contributed by atoms with Gasteiger partial charge in [-0.15, -0.1) is 0 Å². The monoisotopic (exact) mass is 298 g/mol. The molecule has 0 aromatic heterocycles. The van der Waals surface area contributed by atoms with E-state index >= 15 is 0 Å². The molecule has 0 heterocycles. The molecule has 0 saturated carbocycles. The van der Waals surface area contributed by atoms with E-state index < -0.39 is 0 Å². The number of nitrogens with two attached hydrogens (primary N) is 1. The number of hydrogen-bond acceptors (Lipinski definition) is 4. The first kappa shape index (κ1) is 17.0. The summed E-state index contributed by atoms with van der Waals surface area (Å²) in [5.41, 5.74) is 5.91. The molecule has 0 unspecified atom stereocenters. The summed E-state index contributed by atoms with van der Waals surface area (Å²) in [7, 11) is 2.06. The van der Waals surface area contributed by atoms with E-state index in [1.807, 2.05) is 24.3 Å². The van der Waals surface area contributed by atoms with E-state index in [4.69, 9.17) is 10.5 Å². The summed E-state index contributed by atoms with van der Waals surface area (Å²) in [6.07, 6.45) is 0.502. The number of nitrogens with zero attached hydrogens (tertiary/aromatic N) is 1. The number of rotatable bonds is 6. The summed E-state index contributed by atoms with van der Waals surface area (Å²) in [4.78, 5) is 1.13. The van der Waals surface area contributed by atoms with Crippen molar-refractivity contribution >= 4 is 11.9 Å². The minimum Gasteiger partial charge on any atom is -0.489 e. The molecule has 0 amide bonds. The summed E-state index contributed by atoms with van der Waals surface area (Å²) in [5.74, 6) is 0.709. The Kier molecular flexibility index (Phi) is 6.52. The maximum absolute atomic E-state index is 12.3. The zero-order valence-electron chi connectivity index (χ0n) is 12.5. The van der Waals surface area contributed by atoms with Crippen LogP contribution in [0.1, 0.15) is 20.8 Å². The largest absolute Gasteiger partial charge is 0.489 e. The average molecular weight is 298 g/mol. The van der Waals surface area contributed by atoms with Gasteiger partial charge in [-0.3, -0.25) is 0 Å². The number of halogens is 1. The standard InChI is InChI=1S/C15H23FN2OS/c1-15(2,3)18(4)20-14-7-5-13(6-8-14)19-11-12(9-16)10-17/h5-9H,10-11,17H2,1-4H3/b12-9-. The van der Waals surface area contributed by atoms with Gasteiger partial charge in [-0.1, -0.05) is 0 Å². The second kappa shape index (κ2) is 7.67. The number of ether oxygens (including phenoxy) is 1. The van der Waals surface area contributed by atoms with Gasteiger partial charge < -0.3 is 10.5 Å². The molecule has 0 saturated heterocycles. The highest BCUT2D eigenvalue weighted by Crippen LogP contribution is 2.29. The van der Waals surface area contributed by atoms with Crippen LogP contribution in [0, 0.1) is 0 Å². The summed E-state index contributed by atoms with van der Waals surface area (Å²) < 4.78 is 20.0. The molecule has 0 spiro atoms. The molecule has 0 aliphatic rings. The molecule has 0 atom stereocenters. The van der Waals surface area contributed by atoms with E-state index in [1.165, 1.54) is 0 Å². The van der Waals surface area contributed by atoms with E-state index in [9.17, 15) is 4.39 Å². The van der Waals surface area contributed by atoms with Crippen molar-refractivity contribution in [1.82, 2.24) is 4.31 Å². The Hall–Kier alpha value is -1.04. The minimum absolute atomic E-state index is 0.0990. The Labute approximate surface area is 125 Å². The first-order valence-electron chi connectivity index (χ1n) is 6.49. The van der Waals surface area contributed by atoms with Crippen molar-refractivity contribution < 1.29 is 9.13 Å². The van der Waals surface area contributed by atoms with Crippen LogP contribution in [-0.2, 0) is 0 Å². The third-order valence-electron chi connectivity index (χ3n) is 2.85. The van der Waals surface area contributed by atoms with E-state index in [0.29, 0.717) is 17.7 Å². The van der Waals surface area contributed by atoms with Crippen molar-refractivity contribution in [3.05, 3.63) is 36.2 Å². The highest BCUT2D eigenvalue weighted by molar-refractivity contribution is 7.97. The lowest BCUT2D eigenvalue weighted by molar-refractivity contribution is 0.319. The molecule has 0 bridgehead atoms. The zero-order chi connectivity index (χ0) is 15.2. The van der Waals surface area contributed by atoms with Crippen LogP contribution in [0.15, 0.2) is 41.1 Å². The molecule has 20 heavy (non-hydrogen) atoms. The fourth-order valence-electron chi connectivity index (χ4n) is 1.20. The smallest absolute Gasteiger partial charge is 0.119 e. The lowest BCUT2D eigenvalue weighted by Crippen LogP contribution is -2.32. The van der Waals surface area contributed by atoms with Gasteiger partial charge in [0, 0.05) is 22.6 Å². The second-order valence-electron chi connectivity index (χ2n) is 5.49. The Bertz CT molecular complexity index is 440. The van der Waals surface area contributed by atoms with Crippen molar-refractivity contribution in [2.24, 2.45) is 5.73 Å². The van der Waals surface area contributed by atoms with Crippen molar-refractivity contribution in [2.45, 2.75) is 31.2 Å². The molecule has 1 rings (SSSR count). The first-order chi connectivity index (χ1) is 9.36. The van der Waals surface area contributed by atoms with Gasteiger partial charge >= 0.3 is 0 Å². The van der Waals surface area contributed by atoms with Gasteiger partial charge in [0.1, 0.15) is 12.4 Å². The number of hydrogen-bond donors (Lipinski definition) is 1. The topological polar surface area (TPSA) is 38.5 Å². The molecule has 0 aliphatic carbocycles. The van der Waals surface area contributed by atoms with Gasteiger partial charge in [-0.25, -0.2) is 8.70 Å². The third-order valence-corrected chi connectivity index (χ3v) is 4.16. The molecule has 1 aromatic rings. The van der Waals surface area contributed by atoms with E-state index in [-0.39, 0.29) is 18.7 Å². The highest BCUT2D eigenvalue weighted by Gasteiger charge is 2.17. The SMILES string of the molecule is CN(Sc1ccc(OC/C(=C\F)CN)cc1)C(C)(C)C. The van der Waals surface area contributed by atoms with Gasteiger partial charge in [0.15, 0.2) is 0 Å². The van der Waals surface area contributed by atoms with E-state index in [1.54, 1.807) is 11.9 Å². The molecule has 112 valence electrons. The summed E-state index contributed by atoms with van der Waals surface area (Å²) in [6.45, 7) is 6.83. The Morgan fingerprint density at radius 2 is 1.95 bits per heavy atom. The predicted molar refractivity (Wildman–Crippen MR) is 83.6 cm³/mol. The van der Waals surface area contributed by atoms with Crippen molar-refractivity contribution in [3.8, 4) is 5.75 Å². The van der Waals surface area contributed by atoms with Crippen LogP contribution < -0.4 is 10.5 Å². The number of benzene rings is 1. The molecule has 5 heteroatoms. The maximum Gasteiger partial charge on any atom is 0.119 e. The Morgan fingerprint density at radius 1 is 1.35 bits per heavy atom. The second-order valence-corrected chi connectivity index (χ2v) is 6.69. The summed E-state index contributed by atoms with van der Waals surface area (Å²) >= 11 is 1.68. The zero-order valence-corrected chi connectivity index (χ0v) is 13.3. The lowest BCUT2D eigenvalue weighted by atomic mass is 10.1. The van der Waals surface area contributed by atoms with Crippen molar-refractivity contribution in [3.63, 3.8) is 0 Å². The quantitative estimate of drug-likeness (QED) is 0.814. The molecule has 0 fully saturated rings. The first-order valence-corrected chi connectivity index (χ1v) is 7.27. The maximum atomic E-state index is 12.3. The molecule has 0 radical (unpaired) electrons. The molecule has 2 N–H and O–H groups in total. The van der Waals surface area contributed by atoms with Crippen molar-refractivity contribution in [1.29, 1.82) is 0 Å². The molecular formula is C15H23FN2OS. The third kappa shape index (κ3) is 5.53. The fraction of sp³-hybridized carbons (Fsp3) is 0.467. The van der Waals surface area contributed by atoms with Gasteiger partial charge in [-0.2, -0.15) is 0 Å². The van der Waals surface area contributed by atoms with Crippen LogP contribution in [0.2, 0.25) is 0 Å². The van der Waals surface area contributed by atoms with Gasteiger partial charge in [0.2, 0.25) is 0 Å². The Balaban J connectivity index is 2.56. The molecular weight excluding hydrogens is 275 g/mol. The summed E-state index contributed by atoms with van der Waals surface area (Å²) in [6, 6.07) is 7.74. The van der Waals surface area contributed by atoms with Crippen LogP contribution in [0.5, 0.6) is 5.75 Å². The average Bonchev–Trinajstić information content (AvgIpc) is 2.40. The normalized spacial score (nSPS) is 12.8. The summed E-state index contributed by atoms with van der Waals surface area (Å²) in [5, 5.41) is 0. The van der Waals surface area contributed by atoms with Crippen LogP contribution >= 0.6 is 11.9 Å². The van der Waals surface area contributed by atoms with Gasteiger partial charge in [0.25, 0.3) is 0 Å². The predicted octanol–water partition coefficient (Wildman–Crippen LogP) is 3.61. The molecule has 0 aliphatic heterocycles. The van der Waals surface area contributed by atoms with E-state index in [2.05, 4.69) is 32.1 Å². The van der Waals surface area contributed by atoms with Crippen LogP contribution in [0.25, 0.3) is 0 Å². The lowest BCUT2D eigenvalue weighted by Gasteiger charge is -2.30. The minimum atomic E-state index is 0.0990. The molecule has 1 aromatic carbocycles. The van der Waals surface area contributed by atoms with Crippen molar-refractivity contribution in [2.75, 3.05) is 20.2 Å². The van der Waals surface area contributed by atoms with Crippen LogP contribution in [0.3, 0.4) is 0 Å². The van der Waals surface area contributed by atoms with Crippen LogP contribution in [-0.4, -0.2) is 30.0 Å². The van der Waals surface area contributed by atoms with E-state index in [0.717, 1.165) is 4.90 Å². The fourth-order valence-corrected chi connectivity index (χ4v) is 2.05. The highest BCUT2D eigenvalue weighted by atomic mass is 32.2. The van der Waals surface area contributed by atoms with Gasteiger partial charge in [0.05, 0.1) is 6.33 Å². The molecule has 3 nitrogen and oxygen atoms in total.